The summed E-state index contributed by atoms with van der Waals surface area (Å²) in [6.45, 7) is 0.553. The van der Waals surface area contributed by atoms with Crippen molar-refractivity contribution in [2.75, 3.05) is 7.11 Å². The van der Waals surface area contributed by atoms with Crippen molar-refractivity contribution < 1.29 is 4.74 Å². The van der Waals surface area contributed by atoms with Crippen LogP contribution in [0.5, 0.6) is 0 Å². The minimum absolute atomic E-state index is 0.553. The summed E-state index contributed by atoms with van der Waals surface area (Å²) in [7, 11) is 1.66. The minimum Gasteiger partial charge on any atom is -0.378 e. The van der Waals surface area contributed by atoms with Crippen LogP contribution in [0.2, 0.25) is 0 Å². The lowest BCUT2D eigenvalue weighted by molar-refractivity contribution is 0.181. The van der Waals surface area contributed by atoms with E-state index in [-0.39, 0.29) is 0 Å². The van der Waals surface area contributed by atoms with E-state index in [9.17, 15) is 0 Å². The molecule has 0 saturated carbocycles. The van der Waals surface area contributed by atoms with Gasteiger partial charge in [0.15, 0.2) is 0 Å². The van der Waals surface area contributed by atoms with E-state index >= 15 is 0 Å². The summed E-state index contributed by atoms with van der Waals surface area (Å²) in [5.41, 5.74) is 0.938. The molecule has 0 aliphatic heterocycles. The quantitative estimate of drug-likeness (QED) is 0.779. The van der Waals surface area contributed by atoms with Crippen molar-refractivity contribution in [1.82, 2.24) is 4.98 Å². The Kier molecular flexibility index (Phi) is 3.74. The zero-order valence-corrected chi connectivity index (χ0v) is 9.72. The van der Waals surface area contributed by atoms with Crippen molar-refractivity contribution in [3.63, 3.8) is 0 Å². The van der Waals surface area contributed by atoms with Crippen molar-refractivity contribution in [3.05, 3.63) is 26.0 Å². The largest absolute Gasteiger partial charge is 0.378 e. The molecule has 60 valence electrons. The van der Waals surface area contributed by atoms with Crippen LogP contribution in [0.15, 0.2) is 16.7 Å². The van der Waals surface area contributed by atoms with Gasteiger partial charge in [-0.05, 0) is 44.6 Å². The maximum Gasteiger partial charge on any atom is 0.0895 e. The molecule has 0 amide bonds. The number of hydrogen-bond acceptors (Lipinski definition) is 2. The van der Waals surface area contributed by atoms with Gasteiger partial charge in [-0.25, -0.2) is 0 Å². The van der Waals surface area contributed by atoms with Gasteiger partial charge in [0, 0.05) is 21.3 Å². The molecule has 2 nitrogen and oxygen atoms in total. The molecule has 1 aromatic heterocycles. The van der Waals surface area contributed by atoms with Crippen LogP contribution in [0.25, 0.3) is 0 Å². The molecule has 0 N–H and O–H groups in total. The first-order valence-corrected chi connectivity index (χ1v) is 4.90. The highest BCUT2D eigenvalue weighted by Crippen LogP contribution is 2.17. The van der Waals surface area contributed by atoms with Crippen LogP contribution in [-0.4, -0.2) is 12.1 Å². The Hall–Kier alpha value is 0.320. The summed E-state index contributed by atoms with van der Waals surface area (Å²) < 4.78 is 7.08. The average molecular weight is 328 g/mol. The van der Waals surface area contributed by atoms with Gasteiger partial charge in [0.05, 0.1) is 12.3 Å². The number of hydrogen-bond donors (Lipinski definition) is 0. The van der Waals surface area contributed by atoms with E-state index in [0.717, 1.165) is 13.7 Å². The van der Waals surface area contributed by atoms with Gasteiger partial charge in [0.2, 0.25) is 0 Å². The molecule has 1 aromatic rings. The van der Waals surface area contributed by atoms with Crippen molar-refractivity contribution in [3.8, 4) is 0 Å². The van der Waals surface area contributed by atoms with Crippen LogP contribution >= 0.6 is 38.5 Å². The van der Waals surface area contributed by atoms with E-state index in [1.54, 1.807) is 7.11 Å². The summed E-state index contributed by atoms with van der Waals surface area (Å²) in [5.74, 6) is 0. The smallest absolute Gasteiger partial charge is 0.0895 e. The number of ether oxygens (including phenoxy) is 1. The van der Waals surface area contributed by atoms with E-state index in [0.29, 0.717) is 6.61 Å². The first-order valence-electron chi connectivity index (χ1n) is 3.03. The molecule has 0 aromatic carbocycles. The number of methoxy groups -OCH3 is 1. The highest BCUT2D eigenvalue weighted by Gasteiger charge is 2.00. The lowest BCUT2D eigenvalue weighted by Gasteiger charge is -2.01. The molecule has 1 heterocycles. The molecule has 0 unspecified atom stereocenters. The Morgan fingerprint density at radius 2 is 2.45 bits per heavy atom. The van der Waals surface area contributed by atoms with E-state index < -0.39 is 0 Å². The van der Waals surface area contributed by atoms with Crippen molar-refractivity contribution in [2.45, 2.75) is 6.61 Å². The average Bonchev–Trinajstić information content (AvgIpc) is 1.95. The van der Waals surface area contributed by atoms with Crippen LogP contribution in [0.1, 0.15) is 5.69 Å². The van der Waals surface area contributed by atoms with Crippen molar-refractivity contribution >= 4 is 38.5 Å². The Morgan fingerprint density at radius 1 is 1.73 bits per heavy atom. The van der Waals surface area contributed by atoms with Gasteiger partial charge >= 0.3 is 0 Å². The zero-order chi connectivity index (χ0) is 8.27. The third kappa shape index (κ3) is 2.68. The van der Waals surface area contributed by atoms with E-state index in [4.69, 9.17) is 4.74 Å². The van der Waals surface area contributed by atoms with Gasteiger partial charge in [-0.1, -0.05) is 0 Å². The van der Waals surface area contributed by atoms with Crippen molar-refractivity contribution in [2.24, 2.45) is 0 Å². The van der Waals surface area contributed by atoms with E-state index in [1.807, 2.05) is 12.3 Å². The van der Waals surface area contributed by atoms with Crippen LogP contribution in [0.3, 0.4) is 0 Å². The van der Waals surface area contributed by atoms with Gasteiger partial charge < -0.3 is 4.74 Å². The number of nitrogens with zero attached hydrogens (tertiary/aromatic N) is 1. The molecule has 11 heavy (non-hydrogen) atoms. The van der Waals surface area contributed by atoms with Crippen LogP contribution in [0.4, 0.5) is 0 Å². The Bertz CT molecular complexity index is 254. The molecule has 0 radical (unpaired) electrons. The second-order valence-corrected chi connectivity index (χ2v) is 4.12. The zero-order valence-electron chi connectivity index (χ0n) is 5.97. The molecule has 0 bridgehead atoms. The normalized spacial score (nSPS) is 10.1. The number of halogens is 2. The van der Waals surface area contributed by atoms with Gasteiger partial charge in [0.1, 0.15) is 0 Å². The summed E-state index contributed by atoms with van der Waals surface area (Å²) >= 11 is 5.62. The Morgan fingerprint density at radius 3 is 3.00 bits per heavy atom. The molecule has 0 saturated heterocycles. The third-order valence-corrected chi connectivity index (χ3v) is 2.44. The van der Waals surface area contributed by atoms with Crippen LogP contribution in [-0.2, 0) is 11.3 Å². The maximum absolute atomic E-state index is 4.95. The van der Waals surface area contributed by atoms with Gasteiger partial charge in [-0.2, -0.15) is 0 Å². The molecule has 4 heteroatoms. The van der Waals surface area contributed by atoms with E-state index in [1.165, 1.54) is 0 Å². The van der Waals surface area contributed by atoms with Gasteiger partial charge in [-0.15, -0.1) is 0 Å². The van der Waals surface area contributed by atoms with E-state index in [2.05, 4.69) is 43.5 Å². The summed E-state index contributed by atoms with van der Waals surface area (Å²) in [5, 5.41) is 0. The Labute approximate surface area is 87.6 Å². The molecule has 0 aliphatic carbocycles. The second kappa shape index (κ2) is 4.37. The minimum atomic E-state index is 0.553. The fourth-order valence-electron chi connectivity index (χ4n) is 0.686. The number of pyridine rings is 1. The SMILES string of the molecule is COCc1ncc(I)cc1Br. The van der Waals surface area contributed by atoms with Crippen LogP contribution in [0, 0.1) is 3.57 Å². The molecular weight excluding hydrogens is 321 g/mol. The Balaban J connectivity index is 2.90. The molecule has 0 spiro atoms. The predicted molar refractivity (Wildman–Crippen MR) is 55.4 cm³/mol. The fraction of sp³-hybridized carbons (Fsp3) is 0.286. The van der Waals surface area contributed by atoms with Crippen LogP contribution < -0.4 is 0 Å². The number of rotatable bonds is 2. The monoisotopic (exact) mass is 327 g/mol. The lowest BCUT2D eigenvalue weighted by atomic mass is 10.4. The summed E-state index contributed by atoms with van der Waals surface area (Å²) in [6, 6.07) is 2.02. The molecular formula is C7H7BrINO. The van der Waals surface area contributed by atoms with Crippen molar-refractivity contribution in [1.29, 1.82) is 0 Å². The second-order valence-electron chi connectivity index (χ2n) is 2.02. The molecule has 1 rings (SSSR count). The predicted octanol–water partition coefficient (Wildman–Crippen LogP) is 2.60. The highest BCUT2D eigenvalue weighted by molar-refractivity contribution is 14.1. The first-order chi connectivity index (χ1) is 5.24. The van der Waals surface area contributed by atoms with Gasteiger partial charge in [-0.3, -0.25) is 4.98 Å². The number of aromatic nitrogens is 1. The van der Waals surface area contributed by atoms with Gasteiger partial charge in [0.25, 0.3) is 0 Å². The summed E-state index contributed by atoms with van der Waals surface area (Å²) in [6.07, 6.45) is 1.82. The maximum atomic E-state index is 4.95. The first kappa shape index (κ1) is 9.41. The fourth-order valence-corrected chi connectivity index (χ4v) is 2.03. The molecule has 0 atom stereocenters. The topological polar surface area (TPSA) is 22.1 Å². The molecule has 0 fully saturated rings. The third-order valence-electron chi connectivity index (χ3n) is 1.17. The lowest BCUT2D eigenvalue weighted by Crippen LogP contribution is -1.93. The highest BCUT2D eigenvalue weighted by atomic mass is 127. The standard InChI is InChI=1S/C7H7BrINO/c1-11-4-7-6(8)2-5(9)3-10-7/h2-3H,4H2,1H3. The summed E-state index contributed by atoms with van der Waals surface area (Å²) in [4.78, 5) is 4.19. The molecule has 0 aliphatic rings.